The maximum absolute atomic E-state index is 13.5. The molecule has 11 heteroatoms. The van der Waals surface area contributed by atoms with Crippen LogP contribution in [-0.2, 0) is 30.5 Å². The lowest BCUT2D eigenvalue weighted by Gasteiger charge is -2.30. The summed E-state index contributed by atoms with van der Waals surface area (Å²) in [5, 5.41) is 29.8. The molecule has 0 saturated heterocycles. The van der Waals surface area contributed by atoms with E-state index in [0.717, 1.165) is 5.56 Å². The molecule has 0 bridgehead atoms. The van der Waals surface area contributed by atoms with Gasteiger partial charge in [-0.05, 0) is 54.7 Å². The third kappa shape index (κ3) is 14.9. The summed E-state index contributed by atoms with van der Waals surface area (Å²) in [6.45, 7) is 12.0. The van der Waals surface area contributed by atoms with Crippen molar-refractivity contribution in [2.75, 3.05) is 0 Å². The second-order valence-electron chi connectivity index (χ2n) is 11.9. The van der Waals surface area contributed by atoms with Gasteiger partial charge in [0.1, 0.15) is 17.8 Å². The van der Waals surface area contributed by atoms with E-state index in [9.17, 15) is 29.1 Å². The average Bonchev–Trinajstić information content (AvgIpc) is 2.94. The number of hydrogen-bond acceptors (Lipinski definition) is 6. The number of rotatable bonds is 20. The lowest BCUT2D eigenvalue weighted by Crippen LogP contribution is -2.57. The number of phenolic OH excluding ortho intramolecular Hbond substituents is 1. The minimum atomic E-state index is -0.989. The summed E-state index contributed by atoms with van der Waals surface area (Å²) in [5.74, 6) is -2.34. The van der Waals surface area contributed by atoms with Gasteiger partial charge in [-0.25, -0.2) is 0 Å². The van der Waals surface area contributed by atoms with E-state index in [4.69, 9.17) is 5.11 Å². The van der Waals surface area contributed by atoms with E-state index >= 15 is 0 Å². The number of amides is 4. The number of aromatic hydroxyl groups is 1. The maximum Gasteiger partial charge on any atom is 0.303 e. The van der Waals surface area contributed by atoms with Gasteiger partial charge in [0.2, 0.25) is 23.6 Å². The molecular formula is C32H52N4O7. The number of hydrogen-bond donors (Lipinski definition) is 6. The van der Waals surface area contributed by atoms with E-state index in [-0.39, 0.29) is 67.0 Å². The molecule has 0 spiro atoms. The summed E-state index contributed by atoms with van der Waals surface area (Å²) in [6.07, 6.45) is 2.51. The number of aliphatic carboxylic acids is 1. The Balaban J connectivity index is 2.89. The number of benzene rings is 1. The van der Waals surface area contributed by atoms with E-state index in [0.29, 0.717) is 32.2 Å². The number of carboxylic acid groups (broad SMARTS) is 1. The van der Waals surface area contributed by atoms with Gasteiger partial charge in [-0.15, -0.1) is 0 Å². The van der Waals surface area contributed by atoms with Crippen LogP contribution in [0.15, 0.2) is 24.3 Å². The first-order valence-corrected chi connectivity index (χ1v) is 15.4. The van der Waals surface area contributed by atoms with Crippen LogP contribution in [0.25, 0.3) is 0 Å². The highest BCUT2D eigenvalue weighted by Gasteiger charge is 2.31. The third-order valence-electron chi connectivity index (χ3n) is 7.49. The van der Waals surface area contributed by atoms with Gasteiger partial charge in [0.15, 0.2) is 0 Å². The molecule has 0 saturated carbocycles. The first kappa shape index (κ1) is 37.4. The van der Waals surface area contributed by atoms with Crippen LogP contribution in [0, 0.1) is 17.8 Å². The SMILES string of the molecule is CCC[C@H](NC(=O)[C@@H](NC(=O)CCCC(=O)O)[C@@H](C)CC)C(=O)N[C@@H](CC(C)C)[C@@H](C)CC(=O)NCc1ccc(O)cc1. The third-order valence-corrected chi connectivity index (χ3v) is 7.49. The molecule has 6 N–H and O–H groups in total. The molecule has 1 aromatic rings. The van der Waals surface area contributed by atoms with Crippen molar-refractivity contribution in [1.82, 2.24) is 21.3 Å². The number of carbonyl (C=O) groups excluding carboxylic acids is 4. The van der Waals surface area contributed by atoms with E-state index in [1.54, 1.807) is 24.3 Å². The molecule has 5 atom stereocenters. The van der Waals surface area contributed by atoms with Gasteiger partial charge >= 0.3 is 5.97 Å². The Morgan fingerprint density at radius 3 is 2.02 bits per heavy atom. The fourth-order valence-electron chi connectivity index (χ4n) is 4.71. The summed E-state index contributed by atoms with van der Waals surface area (Å²) in [5.41, 5.74) is 0.858. The quantitative estimate of drug-likeness (QED) is 0.132. The lowest BCUT2D eigenvalue weighted by atomic mass is 9.90. The molecule has 0 fully saturated rings. The van der Waals surface area contributed by atoms with E-state index in [1.165, 1.54) is 0 Å². The van der Waals surface area contributed by atoms with Gasteiger partial charge < -0.3 is 31.5 Å². The highest BCUT2D eigenvalue weighted by atomic mass is 16.4. The summed E-state index contributed by atoms with van der Waals surface area (Å²) in [6, 6.07) is 4.61. The van der Waals surface area contributed by atoms with Crippen molar-refractivity contribution in [2.24, 2.45) is 17.8 Å². The Morgan fingerprint density at radius 1 is 0.814 bits per heavy atom. The maximum atomic E-state index is 13.5. The number of phenols is 1. The largest absolute Gasteiger partial charge is 0.508 e. The Hall–Kier alpha value is -3.63. The Morgan fingerprint density at radius 2 is 1.47 bits per heavy atom. The zero-order valence-corrected chi connectivity index (χ0v) is 26.6. The lowest BCUT2D eigenvalue weighted by molar-refractivity contribution is -0.137. The highest BCUT2D eigenvalue weighted by Crippen LogP contribution is 2.18. The second-order valence-corrected chi connectivity index (χ2v) is 11.9. The van der Waals surface area contributed by atoms with Gasteiger partial charge in [-0.2, -0.15) is 0 Å². The van der Waals surface area contributed by atoms with Gasteiger partial charge in [-0.1, -0.05) is 66.5 Å². The number of carbonyl (C=O) groups is 5. The van der Waals surface area contributed by atoms with Crippen molar-refractivity contribution in [3.8, 4) is 5.75 Å². The Labute approximate surface area is 256 Å². The molecule has 242 valence electrons. The molecule has 0 radical (unpaired) electrons. The fourth-order valence-corrected chi connectivity index (χ4v) is 4.71. The van der Waals surface area contributed by atoms with Crippen molar-refractivity contribution >= 4 is 29.6 Å². The fraction of sp³-hybridized carbons (Fsp3) is 0.656. The molecule has 0 aliphatic carbocycles. The molecule has 11 nitrogen and oxygen atoms in total. The van der Waals surface area contributed by atoms with Crippen LogP contribution in [0.5, 0.6) is 5.75 Å². The van der Waals surface area contributed by atoms with Crippen molar-refractivity contribution in [2.45, 2.75) is 118 Å². The van der Waals surface area contributed by atoms with Crippen molar-refractivity contribution in [3.05, 3.63) is 29.8 Å². The summed E-state index contributed by atoms with van der Waals surface area (Å²) >= 11 is 0. The standard InChI is InChI=1S/C32H52N4O7/c1-7-10-25(34-32(43)30(21(5)8-2)36-27(38)11-9-12-29(40)41)31(42)35-26(17-20(3)4)22(6)18-28(39)33-19-23-13-15-24(37)16-14-23/h13-16,20-22,25-26,30,37H,7-12,17-19H2,1-6H3,(H,33,39)(H,34,43)(H,35,42)(H,36,38)(H,40,41)/t21-,22-,25-,26-,30-/m0/s1. The predicted octanol–water partition coefficient (Wildman–Crippen LogP) is 3.64. The van der Waals surface area contributed by atoms with Crippen LogP contribution in [0.4, 0.5) is 0 Å². The minimum Gasteiger partial charge on any atom is -0.508 e. The summed E-state index contributed by atoms with van der Waals surface area (Å²) < 4.78 is 0. The number of carboxylic acids is 1. The molecule has 0 aromatic heterocycles. The molecule has 1 rings (SSSR count). The van der Waals surface area contributed by atoms with Gasteiger partial charge in [0.25, 0.3) is 0 Å². The van der Waals surface area contributed by atoms with E-state index < -0.39 is 29.9 Å². The minimum absolute atomic E-state index is 0.0112. The Bertz CT molecular complexity index is 1040. The summed E-state index contributed by atoms with van der Waals surface area (Å²) in [7, 11) is 0. The van der Waals surface area contributed by atoms with E-state index in [1.807, 2.05) is 41.5 Å². The Kier molecular flexibility index (Phi) is 17.0. The molecule has 0 aliphatic rings. The van der Waals surface area contributed by atoms with Gasteiger partial charge in [-0.3, -0.25) is 24.0 Å². The smallest absolute Gasteiger partial charge is 0.303 e. The van der Waals surface area contributed by atoms with Crippen LogP contribution in [0.1, 0.15) is 98.5 Å². The second kappa shape index (κ2) is 19.5. The van der Waals surface area contributed by atoms with Gasteiger partial charge in [0.05, 0.1) is 0 Å². The molecule has 0 aliphatic heterocycles. The van der Waals surface area contributed by atoms with Crippen LogP contribution >= 0.6 is 0 Å². The molecule has 4 amide bonds. The van der Waals surface area contributed by atoms with Crippen molar-refractivity contribution in [3.63, 3.8) is 0 Å². The average molecular weight is 605 g/mol. The molecule has 0 unspecified atom stereocenters. The number of nitrogens with one attached hydrogen (secondary N) is 4. The first-order chi connectivity index (χ1) is 20.3. The van der Waals surface area contributed by atoms with Crippen LogP contribution < -0.4 is 21.3 Å². The molecule has 0 heterocycles. The van der Waals surface area contributed by atoms with Crippen LogP contribution in [0.3, 0.4) is 0 Å². The summed E-state index contributed by atoms with van der Waals surface area (Å²) in [4.78, 5) is 62.8. The van der Waals surface area contributed by atoms with Gasteiger partial charge in [0, 0.05) is 31.8 Å². The van der Waals surface area contributed by atoms with E-state index in [2.05, 4.69) is 21.3 Å². The first-order valence-electron chi connectivity index (χ1n) is 15.4. The topological polar surface area (TPSA) is 174 Å². The monoisotopic (exact) mass is 604 g/mol. The van der Waals surface area contributed by atoms with Crippen LogP contribution in [-0.4, -0.2) is 57.9 Å². The van der Waals surface area contributed by atoms with Crippen molar-refractivity contribution in [1.29, 1.82) is 0 Å². The normalized spacial score (nSPS) is 14.6. The zero-order valence-electron chi connectivity index (χ0n) is 26.6. The van der Waals surface area contributed by atoms with Crippen molar-refractivity contribution < 1.29 is 34.2 Å². The van der Waals surface area contributed by atoms with Crippen LogP contribution in [0.2, 0.25) is 0 Å². The molecule has 43 heavy (non-hydrogen) atoms. The molecule has 1 aromatic carbocycles. The molecular weight excluding hydrogens is 552 g/mol. The zero-order chi connectivity index (χ0) is 32.5. The highest BCUT2D eigenvalue weighted by molar-refractivity contribution is 5.92. The predicted molar refractivity (Wildman–Crippen MR) is 165 cm³/mol.